The molecule has 2 atom stereocenters. The molecule has 1 aromatic heterocycles. The number of nitrogens with zero attached hydrogens (tertiary/aromatic N) is 2. The minimum atomic E-state index is 0.227. The third kappa shape index (κ3) is 5.16. The molecule has 228 valence electrons. The van der Waals surface area contributed by atoms with Gasteiger partial charge >= 0.3 is 0 Å². The summed E-state index contributed by atoms with van der Waals surface area (Å²) in [6.45, 7) is 0. The van der Waals surface area contributed by atoms with Gasteiger partial charge in [-0.15, -0.1) is 0 Å². The summed E-state index contributed by atoms with van der Waals surface area (Å²) >= 11 is 0. The van der Waals surface area contributed by atoms with Crippen LogP contribution in [0.1, 0.15) is 40.6 Å². The maximum Gasteiger partial charge on any atom is 0.160 e. The quantitative estimate of drug-likeness (QED) is 0.180. The number of hydrogen-bond acceptors (Lipinski definition) is 2. The standard InChI is InChI=1S/C46H34N2/c1-3-12-31(13-4-1)35-16-11-17-37(28-35)45-30-44(33-14-5-2-6-15-33)47-46(48-45)34-24-22-32(23-25-34)36-26-27-42-40-20-8-7-18-38(40)39-19-9-10-21-41(39)43(42)29-36/h1-14,16-28,30,33,36H,15,29H2. The number of hydrogen-bond donors (Lipinski definition) is 0. The molecule has 0 saturated heterocycles. The lowest BCUT2D eigenvalue weighted by Crippen LogP contribution is -2.07. The van der Waals surface area contributed by atoms with Gasteiger partial charge in [0.15, 0.2) is 5.82 Å². The summed E-state index contributed by atoms with van der Waals surface area (Å²) < 4.78 is 0. The van der Waals surface area contributed by atoms with Crippen molar-refractivity contribution in [2.24, 2.45) is 0 Å². The van der Waals surface area contributed by atoms with E-state index < -0.39 is 0 Å². The van der Waals surface area contributed by atoms with Gasteiger partial charge in [-0.1, -0.05) is 158 Å². The van der Waals surface area contributed by atoms with Gasteiger partial charge in [-0.2, -0.15) is 0 Å². The van der Waals surface area contributed by atoms with E-state index in [0.717, 1.165) is 41.2 Å². The molecule has 0 radical (unpaired) electrons. The fourth-order valence-electron chi connectivity index (χ4n) is 7.48. The molecule has 2 heteroatoms. The van der Waals surface area contributed by atoms with Gasteiger partial charge in [0.1, 0.15) is 0 Å². The van der Waals surface area contributed by atoms with E-state index in [2.05, 4.69) is 170 Å². The Morgan fingerprint density at radius 3 is 2.00 bits per heavy atom. The van der Waals surface area contributed by atoms with Gasteiger partial charge in [-0.3, -0.25) is 0 Å². The zero-order valence-corrected chi connectivity index (χ0v) is 26.6. The maximum absolute atomic E-state index is 5.17. The molecular weight excluding hydrogens is 581 g/mol. The van der Waals surface area contributed by atoms with Crippen molar-refractivity contribution in [1.82, 2.24) is 9.97 Å². The summed E-state index contributed by atoms with van der Waals surface area (Å²) in [6, 6.07) is 48.0. The Kier molecular flexibility index (Phi) is 7.13. The van der Waals surface area contributed by atoms with Crippen molar-refractivity contribution in [1.29, 1.82) is 0 Å². The van der Waals surface area contributed by atoms with Gasteiger partial charge in [0, 0.05) is 23.0 Å². The normalized spacial score (nSPS) is 16.8. The Morgan fingerprint density at radius 2 is 1.21 bits per heavy atom. The second kappa shape index (κ2) is 12.1. The van der Waals surface area contributed by atoms with Crippen LogP contribution < -0.4 is 0 Å². The van der Waals surface area contributed by atoms with E-state index in [1.807, 2.05) is 0 Å². The van der Waals surface area contributed by atoms with E-state index in [4.69, 9.17) is 9.97 Å². The average Bonchev–Trinajstić information content (AvgIpc) is 3.18. The third-order valence-electron chi connectivity index (χ3n) is 9.97. The number of benzene rings is 6. The van der Waals surface area contributed by atoms with Crippen LogP contribution in [-0.2, 0) is 6.42 Å². The molecular formula is C46H34N2. The summed E-state index contributed by atoms with van der Waals surface area (Å²) in [5.74, 6) is 1.30. The van der Waals surface area contributed by atoms with Crippen LogP contribution in [0.2, 0.25) is 0 Å². The van der Waals surface area contributed by atoms with Crippen molar-refractivity contribution >= 4 is 27.6 Å². The highest BCUT2D eigenvalue weighted by molar-refractivity contribution is 6.13. The Balaban J connectivity index is 1.08. The first-order valence-electron chi connectivity index (χ1n) is 16.9. The first-order chi connectivity index (χ1) is 23.8. The predicted octanol–water partition coefficient (Wildman–Crippen LogP) is 11.7. The van der Waals surface area contributed by atoms with Gasteiger partial charge in [0.25, 0.3) is 0 Å². The SMILES string of the molecule is C1=CCC(c2cc(-c3cccc(-c4ccccc4)c3)nc(-c3ccc(C4C=Cc5c(c6ccccc6c6ccccc56)C4)cc3)n2)C=C1. The summed E-state index contributed by atoms with van der Waals surface area (Å²) in [7, 11) is 0. The van der Waals surface area contributed by atoms with Crippen LogP contribution in [0.5, 0.6) is 0 Å². The van der Waals surface area contributed by atoms with Crippen molar-refractivity contribution in [3.8, 4) is 33.8 Å². The monoisotopic (exact) mass is 614 g/mol. The highest BCUT2D eigenvalue weighted by Gasteiger charge is 2.21. The lowest BCUT2D eigenvalue weighted by molar-refractivity contribution is 0.811. The van der Waals surface area contributed by atoms with Crippen LogP contribution >= 0.6 is 0 Å². The van der Waals surface area contributed by atoms with Crippen molar-refractivity contribution in [2.75, 3.05) is 0 Å². The molecule has 2 aliphatic rings. The zero-order chi connectivity index (χ0) is 31.9. The van der Waals surface area contributed by atoms with Crippen LogP contribution in [-0.4, -0.2) is 9.97 Å². The third-order valence-corrected chi connectivity index (χ3v) is 9.97. The highest BCUT2D eigenvalue weighted by atomic mass is 14.9. The Bertz CT molecular complexity index is 2400. The predicted molar refractivity (Wildman–Crippen MR) is 201 cm³/mol. The molecule has 0 spiro atoms. The van der Waals surface area contributed by atoms with Crippen LogP contribution in [0.3, 0.4) is 0 Å². The first-order valence-corrected chi connectivity index (χ1v) is 16.9. The summed E-state index contributed by atoms with van der Waals surface area (Å²) in [6.07, 6.45) is 15.4. The van der Waals surface area contributed by atoms with Gasteiger partial charge in [-0.05, 0) is 74.3 Å². The summed E-state index contributed by atoms with van der Waals surface area (Å²) in [4.78, 5) is 10.3. The topological polar surface area (TPSA) is 25.8 Å². The second-order valence-electron chi connectivity index (χ2n) is 12.9. The van der Waals surface area contributed by atoms with Crippen molar-refractivity contribution < 1.29 is 0 Å². The first kappa shape index (κ1) is 28.4. The number of allylic oxidation sites excluding steroid dienone is 5. The minimum Gasteiger partial charge on any atom is -0.232 e. The van der Waals surface area contributed by atoms with Crippen molar-refractivity contribution in [3.05, 3.63) is 186 Å². The van der Waals surface area contributed by atoms with E-state index in [1.165, 1.54) is 49.4 Å². The molecule has 6 aromatic carbocycles. The molecule has 2 aliphatic carbocycles. The lowest BCUT2D eigenvalue weighted by atomic mass is 9.80. The van der Waals surface area contributed by atoms with Crippen molar-refractivity contribution in [2.45, 2.75) is 24.7 Å². The average molecular weight is 615 g/mol. The number of rotatable bonds is 5. The van der Waals surface area contributed by atoms with E-state index in [0.29, 0.717) is 5.92 Å². The zero-order valence-electron chi connectivity index (χ0n) is 26.6. The molecule has 1 heterocycles. The largest absolute Gasteiger partial charge is 0.232 e. The molecule has 0 amide bonds. The second-order valence-corrected chi connectivity index (χ2v) is 12.9. The Morgan fingerprint density at radius 1 is 0.500 bits per heavy atom. The maximum atomic E-state index is 5.17. The molecule has 0 N–H and O–H groups in total. The van der Waals surface area contributed by atoms with E-state index >= 15 is 0 Å². The lowest BCUT2D eigenvalue weighted by Gasteiger charge is -2.24. The number of aromatic nitrogens is 2. The summed E-state index contributed by atoms with van der Waals surface area (Å²) in [5.41, 5.74) is 10.6. The van der Waals surface area contributed by atoms with E-state index in [9.17, 15) is 0 Å². The molecule has 48 heavy (non-hydrogen) atoms. The van der Waals surface area contributed by atoms with E-state index in [1.54, 1.807) is 0 Å². The Hall–Kier alpha value is -5.86. The molecule has 2 unspecified atom stereocenters. The Labute approximate surface area is 281 Å². The minimum absolute atomic E-state index is 0.227. The molecule has 2 nitrogen and oxygen atoms in total. The molecule has 7 aromatic rings. The summed E-state index contributed by atoms with van der Waals surface area (Å²) in [5, 5.41) is 5.36. The van der Waals surface area contributed by atoms with Crippen LogP contribution in [0.4, 0.5) is 0 Å². The molecule has 0 saturated carbocycles. The van der Waals surface area contributed by atoms with E-state index in [-0.39, 0.29) is 5.92 Å². The van der Waals surface area contributed by atoms with Gasteiger partial charge < -0.3 is 0 Å². The highest BCUT2D eigenvalue weighted by Crippen LogP contribution is 2.40. The number of fused-ring (bicyclic) bond motifs is 6. The van der Waals surface area contributed by atoms with Crippen LogP contribution in [0, 0.1) is 0 Å². The van der Waals surface area contributed by atoms with Crippen LogP contribution in [0.15, 0.2) is 164 Å². The van der Waals surface area contributed by atoms with Crippen molar-refractivity contribution in [3.63, 3.8) is 0 Å². The molecule has 0 bridgehead atoms. The smallest absolute Gasteiger partial charge is 0.160 e. The van der Waals surface area contributed by atoms with Gasteiger partial charge in [0.2, 0.25) is 0 Å². The molecule has 9 rings (SSSR count). The molecule has 0 aliphatic heterocycles. The fourth-order valence-corrected chi connectivity index (χ4v) is 7.48. The van der Waals surface area contributed by atoms with Gasteiger partial charge in [-0.25, -0.2) is 9.97 Å². The van der Waals surface area contributed by atoms with Crippen LogP contribution in [0.25, 0.3) is 61.4 Å². The van der Waals surface area contributed by atoms with Gasteiger partial charge in [0.05, 0.1) is 11.4 Å². The fraction of sp³-hybridized carbons (Fsp3) is 0.0870. The molecule has 0 fully saturated rings.